The zero-order valence-electron chi connectivity index (χ0n) is 16.6. The van der Waals surface area contributed by atoms with Gasteiger partial charge in [-0.1, -0.05) is 46.3 Å². The van der Waals surface area contributed by atoms with E-state index in [4.69, 9.17) is 4.74 Å². The van der Waals surface area contributed by atoms with Crippen LogP contribution < -0.4 is 14.5 Å². The molecule has 1 N–H and O–H groups in total. The van der Waals surface area contributed by atoms with E-state index in [-0.39, 0.29) is 0 Å². The first-order chi connectivity index (χ1) is 14.8. The monoisotopic (exact) mass is 501 g/mol. The lowest BCUT2D eigenvalue weighted by Gasteiger charge is -2.21. The normalized spacial score (nSPS) is 11.3. The number of para-hydroxylation sites is 1. The highest BCUT2D eigenvalue weighted by molar-refractivity contribution is 9.10. The van der Waals surface area contributed by atoms with Crippen molar-refractivity contribution in [2.45, 2.75) is 0 Å². The molecule has 0 aliphatic rings. The van der Waals surface area contributed by atoms with Gasteiger partial charge in [0.2, 0.25) is 10.0 Å². The molecular formula is C22H20BrN3O4S. The van der Waals surface area contributed by atoms with Gasteiger partial charge in [-0.25, -0.2) is 13.8 Å². The summed E-state index contributed by atoms with van der Waals surface area (Å²) in [5.74, 6) is 0.644. The Labute approximate surface area is 189 Å². The van der Waals surface area contributed by atoms with Crippen molar-refractivity contribution in [1.29, 1.82) is 0 Å². The van der Waals surface area contributed by atoms with Gasteiger partial charge < -0.3 is 4.74 Å². The van der Waals surface area contributed by atoms with Crippen molar-refractivity contribution < 1.29 is 17.9 Å². The average Bonchev–Trinajstić information content (AvgIpc) is 2.73. The molecule has 3 rings (SSSR count). The molecule has 0 radical (unpaired) electrons. The second-order valence-corrected chi connectivity index (χ2v) is 9.35. The van der Waals surface area contributed by atoms with E-state index in [0.29, 0.717) is 17.2 Å². The quantitative estimate of drug-likeness (QED) is 0.370. The first-order valence-electron chi connectivity index (χ1n) is 9.19. The molecular weight excluding hydrogens is 482 g/mol. The van der Waals surface area contributed by atoms with Crippen molar-refractivity contribution >= 4 is 43.8 Å². The molecule has 0 aliphatic heterocycles. The highest BCUT2D eigenvalue weighted by Gasteiger charge is 2.20. The van der Waals surface area contributed by atoms with Crippen LogP contribution in [0.25, 0.3) is 0 Å². The Bertz CT molecular complexity index is 1170. The van der Waals surface area contributed by atoms with E-state index < -0.39 is 22.5 Å². The first-order valence-corrected chi connectivity index (χ1v) is 11.8. The molecule has 0 fully saturated rings. The van der Waals surface area contributed by atoms with Crippen molar-refractivity contribution in [1.82, 2.24) is 5.43 Å². The van der Waals surface area contributed by atoms with E-state index in [1.54, 1.807) is 24.3 Å². The van der Waals surface area contributed by atoms with Crippen molar-refractivity contribution in [2.75, 3.05) is 17.1 Å². The average molecular weight is 502 g/mol. The van der Waals surface area contributed by atoms with Crippen LogP contribution in [0.1, 0.15) is 5.56 Å². The van der Waals surface area contributed by atoms with Gasteiger partial charge in [0.15, 0.2) is 0 Å². The predicted molar refractivity (Wildman–Crippen MR) is 125 cm³/mol. The number of halogens is 1. The number of nitrogens with one attached hydrogen (secondary N) is 1. The van der Waals surface area contributed by atoms with Gasteiger partial charge in [0, 0.05) is 4.47 Å². The summed E-state index contributed by atoms with van der Waals surface area (Å²) in [6, 6.07) is 23.0. The van der Waals surface area contributed by atoms with Crippen LogP contribution in [-0.2, 0) is 14.8 Å². The molecule has 3 aromatic carbocycles. The highest BCUT2D eigenvalue weighted by atomic mass is 79.9. The molecule has 0 saturated carbocycles. The summed E-state index contributed by atoms with van der Waals surface area (Å²) >= 11 is 3.36. The molecule has 0 spiro atoms. The Hall–Kier alpha value is -3.17. The van der Waals surface area contributed by atoms with E-state index in [0.717, 1.165) is 20.6 Å². The van der Waals surface area contributed by atoms with E-state index in [2.05, 4.69) is 26.5 Å². The van der Waals surface area contributed by atoms with Crippen LogP contribution >= 0.6 is 15.9 Å². The third-order valence-corrected chi connectivity index (χ3v) is 5.68. The largest absolute Gasteiger partial charge is 0.457 e. The minimum atomic E-state index is -3.69. The molecule has 7 nitrogen and oxygen atoms in total. The molecule has 0 unspecified atom stereocenters. The molecule has 31 heavy (non-hydrogen) atoms. The second kappa shape index (κ2) is 10.2. The van der Waals surface area contributed by atoms with Gasteiger partial charge in [-0.2, -0.15) is 5.10 Å². The zero-order chi connectivity index (χ0) is 22.3. The summed E-state index contributed by atoms with van der Waals surface area (Å²) in [7, 11) is -3.69. The maximum absolute atomic E-state index is 12.3. The molecule has 160 valence electrons. The summed E-state index contributed by atoms with van der Waals surface area (Å²) < 4.78 is 32.1. The van der Waals surface area contributed by atoms with Gasteiger partial charge in [-0.05, 0) is 54.1 Å². The summed E-state index contributed by atoms with van der Waals surface area (Å²) in [5, 5.41) is 3.89. The van der Waals surface area contributed by atoms with Gasteiger partial charge in [0.25, 0.3) is 5.91 Å². The number of carbonyl (C=O) groups excluding carboxylic acids is 1. The van der Waals surface area contributed by atoms with Crippen LogP contribution in [0.5, 0.6) is 11.5 Å². The number of ether oxygens (including phenoxy) is 1. The molecule has 9 heteroatoms. The predicted octanol–water partition coefficient (Wildman–Crippen LogP) is 4.16. The maximum atomic E-state index is 12.3. The lowest BCUT2D eigenvalue weighted by atomic mass is 10.2. The van der Waals surface area contributed by atoms with Crippen molar-refractivity contribution in [3.63, 3.8) is 0 Å². The SMILES string of the molecule is CS(=O)(=O)N(CC(=O)N/N=C/c1cccc(Br)c1)c1ccc(Oc2ccccc2)cc1. The van der Waals surface area contributed by atoms with Crippen LogP contribution in [0.3, 0.4) is 0 Å². The maximum Gasteiger partial charge on any atom is 0.260 e. The molecule has 0 bridgehead atoms. The minimum absolute atomic E-state index is 0.342. The second-order valence-electron chi connectivity index (χ2n) is 6.53. The van der Waals surface area contributed by atoms with Gasteiger partial charge in [0.1, 0.15) is 18.0 Å². The fourth-order valence-corrected chi connectivity index (χ4v) is 3.91. The zero-order valence-corrected chi connectivity index (χ0v) is 19.0. The van der Waals surface area contributed by atoms with E-state index >= 15 is 0 Å². The first kappa shape index (κ1) is 22.5. The molecule has 0 aromatic heterocycles. The van der Waals surface area contributed by atoms with Gasteiger partial charge in [0.05, 0.1) is 18.2 Å². The number of hydrogen-bond donors (Lipinski definition) is 1. The molecule has 0 aliphatic carbocycles. The molecule has 3 aromatic rings. The Balaban J connectivity index is 1.66. The summed E-state index contributed by atoms with van der Waals surface area (Å²) in [6.07, 6.45) is 2.52. The Kier molecular flexibility index (Phi) is 7.43. The van der Waals surface area contributed by atoms with E-state index in [1.807, 2.05) is 54.6 Å². The lowest BCUT2D eigenvalue weighted by Crippen LogP contribution is -2.38. The number of hydrogen-bond acceptors (Lipinski definition) is 5. The van der Waals surface area contributed by atoms with E-state index in [9.17, 15) is 13.2 Å². The number of rotatable bonds is 8. The van der Waals surface area contributed by atoms with Gasteiger partial charge in [-0.15, -0.1) is 0 Å². The third-order valence-electron chi connectivity index (χ3n) is 4.04. The number of carbonyl (C=O) groups is 1. The Morgan fingerprint density at radius 2 is 1.71 bits per heavy atom. The van der Waals surface area contributed by atoms with Crippen molar-refractivity contribution in [3.8, 4) is 11.5 Å². The number of benzene rings is 3. The summed E-state index contributed by atoms with van der Waals surface area (Å²) in [5.41, 5.74) is 3.47. The van der Waals surface area contributed by atoms with Crippen molar-refractivity contribution in [2.24, 2.45) is 5.10 Å². The Morgan fingerprint density at radius 1 is 1.03 bits per heavy atom. The van der Waals surface area contributed by atoms with Crippen LogP contribution in [0, 0.1) is 0 Å². The number of amides is 1. The van der Waals surface area contributed by atoms with Gasteiger partial charge in [-0.3, -0.25) is 9.10 Å². The Morgan fingerprint density at radius 3 is 2.35 bits per heavy atom. The number of sulfonamides is 1. The molecule has 1 amide bonds. The standard InChI is InChI=1S/C22H20BrN3O4S/c1-31(28,29)26(16-22(27)25-24-15-17-6-5-7-18(23)14-17)19-10-12-21(13-11-19)30-20-8-3-2-4-9-20/h2-15H,16H2,1H3,(H,25,27)/b24-15+. The summed E-state index contributed by atoms with van der Waals surface area (Å²) in [6.45, 7) is -0.409. The van der Waals surface area contributed by atoms with Crippen LogP contribution in [-0.4, -0.2) is 33.3 Å². The summed E-state index contributed by atoms with van der Waals surface area (Å²) in [4.78, 5) is 12.3. The molecule has 0 saturated heterocycles. The smallest absolute Gasteiger partial charge is 0.260 e. The highest BCUT2D eigenvalue weighted by Crippen LogP contribution is 2.25. The number of nitrogens with zero attached hydrogens (tertiary/aromatic N) is 2. The van der Waals surface area contributed by atoms with Crippen molar-refractivity contribution in [3.05, 3.63) is 88.9 Å². The van der Waals surface area contributed by atoms with Crippen LogP contribution in [0.15, 0.2) is 88.4 Å². The molecule has 0 heterocycles. The van der Waals surface area contributed by atoms with Crippen LogP contribution in [0.4, 0.5) is 5.69 Å². The number of hydrazone groups is 1. The van der Waals surface area contributed by atoms with Crippen LogP contribution in [0.2, 0.25) is 0 Å². The van der Waals surface area contributed by atoms with Gasteiger partial charge >= 0.3 is 0 Å². The minimum Gasteiger partial charge on any atom is -0.457 e. The van der Waals surface area contributed by atoms with E-state index in [1.165, 1.54) is 6.21 Å². The fourth-order valence-electron chi connectivity index (χ4n) is 2.64. The third kappa shape index (κ3) is 6.94. The number of anilines is 1. The topological polar surface area (TPSA) is 88.1 Å². The molecule has 0 atom stereocenters. The fraction of sp³-hybridized carbons (Fsp3) is 0.0909. The lowest BCUT2D eigenvalue weighted by molar-refractivity contribution is -0.119.